The van der Waals surface area contributed by atoms with Gasteiger partial charge in [-0.25, -0.2) is 4.79 Å². The monoisotopic (exact) mass is 203 g/mol. The summed E-state index contributed by atoms with van der Waals surface area (Å²) in [6.07, 6.45) is 1.03. The van der Waals surface area contributed by atoms with E-state index in [1.165, 1.54) is 0 Å². The number of benzene rings is 1. The molecule has 0 aliphatic carbocycles. The van der Waals surface area contributed by atoms with Gasteiger partial charge in [0.15, 0.2) is 0 Å². The Morgan fingerprint density at radius 2 is 2.20 bits per heavy atom. The summed E-state index contributed by atoms with van der Waals surface area (Å²) in [5, 5.41) is 8.60. The molecule has 3 heteroatoms. The molecular formula is C12H13NO2. The zero-order valence-corrected chi connectivity index (χ0v) is 8.69. The summed E-state index contributed by atoms with van der Waals surface area (Å²) in [5.41, 5.74) is 1.22. The maximum absolute atomic E-state index is 11.6. The first kappa shape index (κ1) is 11.3. The second-order valence-electron chi connectivity index (χ2n) is 3.13. The zero-order chi connectivity index (χ0) is 11.1. The van der Waals surface area contributed by atoms with Crippen LogP contribution in [-0.2, 0) is 11.2 Å². The van der Waals surface area contributed by atoms with Gasteiger partial charge < -0.3 is 4.74 Å². The lowest BCUT2D eigenvalue weighted by atomic mass is 10.1. The number of nitrogens with zero attached hydrogens (tertiary/aromatic N) is 1. The molecule has 0 aliphatic heterocycles. The van der Waals surface area contributed by atoms with E-state index >= 15 is 0 Å². The molecule has 78 valence electrons. The number of ether oxygens (including phenoxy) is 1. The van der Waals surface area contributed by atoms with E-state index in [1.54, 1.807) is 18.2 Å². The minimum Gasteiger partial charge on any atom is -0.462 e. The summed E-state index contributed by atoms with van der Waals surface area (Å²) in [6.45, 7) is 2.36. The minimum absolute atomic E-state index is 0.234. The van der Waals surface area contributed by atoms with Crippen LogP contribution < -0.4 is 0 Å². The highest BCUT2D eigenvalue weighted by Gasteiger charge is 2.10. The molecule has 0 radical (unpaired) electrons. The molecule has 0 fully saturated rings. The molecule has 1 aromatic carbocycles. The average Bonchev–Trinajstić information content (AvgIpc) is 2.27. The molecule has 0 aliphatic rings. The minimum atomic E-state index is -0.345. The summed E-state index contributed by atoms with van der Waals surface area (Å²) in [5.74, 6) is -0.345. The predicted molar refractivity (Wildman–Crippen MR) is 56.3 cm³/mol. The van der Waals surface area contributed by atoms with Crippen molar-refractivity contribution in [2.24, 2.45) is 0 Å². The normalized spacial score (nSPS) is 9.33. The average molecular weight is 203 g/mol. The Balaban J connectivity index is 2.83. The molecule has 0 heterocycles. The Morgan fingerprint density at radius 3 is 2.87 bits per heavy atom. The van der Waals surface area contributed by atoms with Crippen LogP contribution in [0.1, 0.15) is 29.3 Å². The molecule has 0 aromatic heterocycles. The summed E-state index contributed by atoms with van der Waals surface area (Å²) >= 11 is 0. The Kier molecular flexibility index (Phi) is 4.36. The van der Waals surface area contributed by atoms with Crippen LogP contribution in [0.25, 0.3) is 0 Å². The number of carbonyl (C=O) groups excluding carboxylic acids is 1. The quantitative estimate of drug-likeness (QED) is 0.705. The van der Waals surface area contributed by atoms with Gasteiger partial charge >= 0.3 is 5.97 Å². The Hall–Kier alpha value is -1.82. The van der Waals surface area contributed by atoms with Crippen molar-refractivity contribution in [1.29, 1.82) is 5.26 Å². The van der Waals surface area contributed by atoms with E-state index in [-0.39, 0.29) is 12.4 Å². The van der Waals surface area contributed by atoms with Crippen molar-refractivity contribution in [2.75, 3.05) is 6.61 Å². The molecule has 0 saturated carbocycles. The second-order valence-corrected chi connectivity index (χ2v) is 3.13. The van der Waals surface area contributed by atoms with Crippen molar-refractivity contribution in [1.82, 2.24) is 0 Å². The van der Waals surface area contributed by atoms with Crippen LogP contribution in [0.4, 0.5) is 0 Å². The van der Waals surface area contributed by atoms with E-state index in [2.05, 4.69) is 0 Å². The molecule has 3 nitrogen and oxygen atoms in total. The fraction of sp³-hybridized carbons (Fsp3) is 0.333. The van der Waals surface area contributed by atoms with Crippen LogP contribution in [0.2, 0.25) is 0 Å². The van der Waals surface area contributed by atoms with Crippen molar-refractivity contribution in [3.63, 3.8) is 0 Å². The molecule has 15 heavy (non-hydrogen) atoms. The van der Waals surface area contributed by atoms with Gasteiger partial charge in [0.05, 0.1) is 24.7 Å². The van der Waals surface area contributed by atoms with Gasteiger partial charge in [0.25, 0.3) is 0 Å². The van der Waals surface area contributed by atoms with E-state index in [0.717, 1.165) is 12.0 Å². The first-order chi connectivity index (χ1) is 7.29. The molecule has 0 unspecified atom stereocenters. The van der Waals surface area contributed by atoms with E-state index < -0.39 is 0 Å². The fourth-order valence-electron chi connectivity index (χ4n) is 1.23. The fourth-order valence-corrected chi connectivity index (χ4v) is 1.23. The highest BCUT2D eigenvalue weighted by atomic mass is 16.5. The molecular weight excluding hydrogens is 190 g/mol. The molecule has 1 rings (SSSR count). The number of esters is 1. The second kappa shape index (κ2) is 5.82. The lowest BCUT2D eigenvalue weighted by molar-refractivity contribution is 0.0504. The summed E-state index contributed by atoms with van der Waals surface area (Å²) in [6, 6.07) is 9.06. The molecule has 0 saturated heterocycles. The van der Waals surface area contributed by atoms with E-state index in [0.29, 0.717) is 12.2 Å². The smallest absolute Gasteiger partial charge is 0.338 e. The number of hydrogen-bond donors (Lipinski definition) is 0. The van der Waals surface area contributed by atoms with Crippen LogP contribution in [0.15, 0.2) is 24.3 Å². The van der Waals surface area contributed by atoms with Gasteiger partial charge in [-0.3, -0.25) is 0 Å². The van der Waals surface area contributed by atoms with Crippen LogP contribution in [0.3, 0.4) is 0 Å². The summed E-state index contributed by atoms with van der Waals surface area (Å²) in [4.78, 5) is 11.6. The van der Waals surface area contributed by atoms with Gasteiger partial charge in [-0.15, -0.1) is 0 Å². The van der Waals surface area contributed by atoms with Crippen LogP contribution in [0.5, 0.6) is 0 Å². The van der Waals surface area contributed by atoms with E-state index in [9.17, 15) is 4.79 Å². The third-order valence-corrected chi connectivity index (χ3v) is 1.94. The van der Waals surface area contributed by atoms with Crippen molar-refractivity contribution in [3.05, 3.63) is 35.4 Å². The number of nitriles is 1. The Labute approximate surface area is 89.3 Å². The van der Waals surface area contributed by atoms with Crippen LogP contribution in [0, 0.1) is 11.3 Å². The standard InChI is InChI=1S/C12H13NO2/c1-2-9-15-12(14)11-6-4-3-5-10(11)7-8-13/h3-6H,2,7,9H2,1H3. The molecule has 0 N–H and O–H groups in total. The van der Waals surface area contributed by atoms with E-state index in [1.807, 2.05) is 19.1 Å². The molecule has 0 amide bonds. The predicted octanol–water partition coefficient (Wildman–Crippen LogP) is 2.32. The van der Waals surface area contributed by atoms with Crippen LogP contribution >= 0.6 is 0 Å². The topological polar surface area (TPSA) is 50.1 Å². The van der Waals surface area contributed by atoms with Gasteiger partial charge in [-0.05, 0) is 18.1 Å². The lowest BCUT2D eigenvalue weighted by Gasteiger charge is -2.06. The Bertz CT molecular complexity index is 379. The largest absolute Gasteiger partial charge is 0.462 e. The van der Waals surface area contributed by atoms with Crippen molar-refractivity contribution >= 4 is 5.97 Å². The van der Waals surface area contributed by atoms with Gasteiger partial charge in [-0.2, -0.15) is 5.26 Å². The van der Waals surface area contributed by atoms with Gasteiger partial charge in [0.1, 0.15) is 0 Å². The first-order valence-electron chi connectivity index (χ1n) is 4.91. The van der Waals surface area contributed by atoms with Crippen molar-refractivity contribution < 1.29 is 9.53 Å². The van der Waals surface area contributed by atoms with Gasteiger partial charge in [0.2, 0.25) is 0 Å². The third-order valence-electron chi connectivity index (χ3n) is 1.94. The van der Waals surface area contributed by atoms with E-state index in [4.69, 9.17) is 10.00 Å². The van der Waals surface area contributed by atoms with Crippen molar-refractivity contribution in [2.45, 2.75) is 19.8 Å². The highest BCUT2D eigenvalue weighted by molar-refractivity contribution is 5.91. The number of carbonyl (C=O) groups is 1. The summed E-state index contributed by atoms with van der Waals surface area (Å²) < 4.78 is 5.02. The molecule has 0 bridgehead atoms. The molecule has 1 aromatic rings. The highest BCUT2D eigenvalue weighted by Crippen LogP contribution is 2.10. The maximum Gasteiger partial charge on any atom is 0.338 e. The number of hydrogen-bond acceptors (Lipinski definition) is 3. The zero-order valence-electron chi connectivity index (χ0n) is 8.69. The maximum atomic E-state index is 11.6. The third kappa shape index (κ3) is 3.10. The molecule has 0 spiro atoms. The number of rotatable bonds is 4. The first-order valence-corrected chi connectivity index (χ1v) is 4.91. The van der Waals surface area contributed by atoms with Gasteiger partial charge in [0, 0.05) is 0 Å². The lowest BCUT2D eigenvalue weighted by Crippen LogP contribution is -2.08. The van der Waals surface area contributed by atoms with Crippen molar-refractivity contribution in [3.8, 4) is 6.07 Å². The Morgan fingerprint density at radius 1 is 1.47 bits per heavy atom. The van der Waals surface area contributed by atoms with Gasteiger partial charge in [-0.1, -0.05) is 25.1 Å². The van der Waals surface area contributed by atoms with Crippen LogP contribution in [-0.4, -0.2) is 12.6 Å². The SMILES string of the molecule is CCCOC(=O)c1ccccc1CC#N. The molecule has 0 atom stereocenters. The summed E-state index contributed by atoms with van der Waals surface area (Å²) in [7, 11) is 0.